The molecule has 0 saturated heterocycles. The molecule has 2 aromatic carbocycles. The molecule has 2 atom stereocenters. The van der Waals surface area contributed by atoms with E-state index in [9.17, 15) is 0 Å². The fourth-order valence-electron chi connectivity index (χ4n) is 2.62. The Hall–Kier alpha value is -0.230. The highest BCUT2D eigenvalue weighted by molar-refractivity contribution is 14.1. The summed E-state index contributed by atoms with van der Waals surface area (Å²) in [6, 6.07) is 19.6. The van der Waals surface area contributed by atoms with E-state index >= 15 is 0 Å². The standard InChI is InChI=1S/C18H20IO2PS2/c19-17-13-7-8-14-18(17)24-22(23,20-15-9-3-1-4-10-15)21-16-11-5-2-6-12-16/h1-6,9-12,17-18H,7-8,13-14H2/t17-,18-/m1/s1. The highest BCUT2D eigenvalue weighted by Crippen LogP contribution is 2.63. The summed E-state index contributed by atoms with van der Waals surface area (Å²) in [4.78, 5) is 0. The lowest BCUT2D eigenvalue weighted by Crippen LogP contribution is -2.22. The number of benzene rings is 2. The predicted octanol–water partition coefficient (Wildman–Crippen LogP) is 6.85. The second-order valence-corrected chi connectivity index (χ2v) is 13.6. The van der Waals surface area contributed by atoms with Crippen molar-refractivity contribution in [3.63, 3.8) is 0 Å². The van der Waals surface area contributed by atoms with Gasteiger partial charge in [-0.3, -0.25) is 0 Å². The van der Waals surface area contributed by atoms with Crippen molar-refractivity contribution >= 4 is 51.5 Å². The van der Waals surface area contributed by atoms with E-state index in [4.69, 9.17) is 20.9 Å². The van der Waals surface area contributed by atoms with Crippen LogP contribution in [0.15, 0.2) is 60.7 Å². The lowest BCUT2D eigenvalue weighted by atomic mass is 10.0. The summed E-state index contributed by atoms with van der Waals surface area (Å²) < 4.78 is 13.1. The van der Waals surface area contributed by atoms with Crippen LogP contribution < -0.4 is 9.05 Å². The Labute approximate surface area is 166 Å². The summed E-state index contributed by atoms with van der Waals surface area (Å²) >= 11 is 10.2. The maximum Gasteiger partial charge on any atom is 0.348 e. The zero-order valence-electron chi connectivity index (χ0n) is 13.2. The summed E-state index contributed by atoms with van der Waals surface area (Å²) in [5.41, 5.74) is -2.52. The van der Waals surface area contributed by atoms with Gasteiger partial charge in [0.15, 0.2) is 0 Å². The molecule has 3 rings (SSSR count). The number of para-hydroxylation sites is 2. The van der Waals surface area contributed by atoms with Crippen LogP contribution in [-0.4, -0.2) is 9.17 Å². The first kappa shape index (κ1) is 18.6. The maximum atomic E-state index is 6.22. The minimum Gasteiger partial charge on any atom is -0.428 e. The van der Waals surface area contributed by atoms with Gasteiger partial charge in [-0.1, -0.05) is 71.8 Å². The third kappa shape index (κ3) is 5.38. The van der Waals surface area contributed by atoms with E-state index in [1.807, 2.05) is 60.7 Å². The van der Waals surface area contributed by atoms with Gasteiger partial charge >= 0.3 is 5.69 Å². The summed E-state index contributed by atoms with van der Waals surface area (Å²) in [5, 5.41) is 0.498. The van der Waals surface area contributed by atoms with Crippen LogP contribution in [0.4, 0.5) is 0 Å². The monoisotopic (exact) mass is 490 g/mol. The highest BCUT2D eigenvalue weighted by atomic mass is 127. The summed E-state index contributed by atoms with van der Waals surface area (Å²) in [7, 11) is 0. The van der Waals surface area contributed by atoms with Crippen molar-refractivity contribution in [3.8, 4) is 11.5 Å². The fraction of sp³-hybridized carbons (Fsp3) is 0.333. The molecule has 1 aliphatic rings. The molecule has 0 aromatic heterocycles. The van der Waals surface area contributed by atoms with Gasteiger partial charge in [-0.15, -0.1) is 0 Å². The molecule has 0 amide bonds. The van der Waals surface area contributed by atoms with Gasteiger partial charge in [0.1, 0.15) is 11.5 Å². The van der Waals surface area contributed by atoms with Crippen LogP contribution in [-0.2, 0) is 11.8 Å². The molecule has 1 fully saturated rings. The van der Waals surface area contributed by atoms with E-state index in [2.05, 4.69) is 22.6 Å². The smallest absolute Gasteiger partial charge is 0.348 e. The van der Waals surface area contributed by atoms with Gasteiger partial charge in [-0.25, -0.2) is 0 Å². The minimum absolute atomic E-state index is 0.498. The van der Waals surface area contributed by atoms with Crippen LogP contribution in [0.3, 0.4) is 0 Å². The molecule has 128 valence electrons. The van der Waals surface area contributed by atoms with Gasteiger partial charge < -0.3 is 9.05 Å². The Kier molecular flexibility index (Phi) is 6.90. The minimum atomic E-state index is -2.52. The number of hydrogen-bond acceptors (Lipinski definition) is 4. The van der Waals surface area contributed by atoms with Crippen LogP contribution in [0.2, 0.25) is 0 Å². The van der Waals surface area contributed by atoms with Crippen molar-refractivity contribution in [2.24, 2.45) is 0 Å². The second kappa shape index (κ2) is 8.93. The Morgan fingerprint density at radius 3 is 1.88 bits per heavy atom. The average molecular weight is 490 g/mol. The molecule has 1 aliphatic carbocycles. The van der Waals surface area contributed by atoms with E-state index in [1.54, 1.807) is 11.4 Å². The Bertz CT molecular complexity index is 638. The van der Waals surface area contributed by atoms with Gasteiger partial charge in [0.2, 0.25) is 0 Å². The lowest BCUT2D eigenvalue weighted by molar-refractivity contribution is 0.503. The first-order chi connectivity index (χ1) is 11.6. The van der Waals surface area contributed by atoms with Crippen LogP contribution in [0.1, 0.15) is 25.7 Å². The quantitative estimate of drug-likeness (QED) is 0.251. The zero-order chi connectivity index (χ0) is 16.8. The van der Waals surface area contributed by atoms with Crippen molar-refractivity contribution in [2.75, 3.05) is 0 Å². The number of halogens is 1. The van der Waals surface area contributed by atoms with E-state index in [0.29, 0.717) is 9.17 Å². The number of alkyl halides is 1. The van der Waals surface area contributed by atoms with Gasteiger partial charge in [0.05, 0.1) is 0 Å². The molecule has 0 spiro atoms. The van der Waals surface area contributed by atoms with Crippen molar-refractivity contribution in [1.29, 1.82) is 0 Å². The third-order valence-electron chi connectivity index (χ3n) is 3.81. The van der Waals surface area contributed by atoms with E-state index in [1.165, 1.54) is 25.7 Å². The maximum absolute atomic E-state index is 6.22. The van der Waals surface area contributed by atoms with Crippen LogP contribution in [0.25, 0.3) is 0 Å². The molecule has 0 N–H and O–H groups in total. The van der Waals surface area contributed by atoms with Crippen molar-refractivity contribution in [1.82, 2.24) is 0 Å². The second-order valence-electron chi connectivity index (χ2n) is 5.70. The summed E-state index contributed by atoms with van der Waals surface area (Å²) in [6.07, 6.45) is 5.02. The van der Waals surface area contributed by atoms with Crippen LogP contribution in [0.5, 0.6) is 11.5 Å². The SMILES string of the molecule is S=P(Oc1ccccc1)(Oc1ccccc1)S[C@@H]1CCCC[C@H]1I. The molecule has 0 bridgehead atoms. The molecule has 0 radical (unpaired) electrons. The van der Waals surface area contributed by atoms with Crippen molar-refractivity contribution < 1.29 is 9.05 Å². The van der Waals surface area contributed by atoms with E-state index in [-0.39, 0.29) is 0 Å². The van der Waals surface area contributed by atoms with E-state index < -0.39 is 5.69 Å². The summed E-state index contributed by atoms with van der Waals surface area (Å²) in [5.74, 6) is 1.56. The lowest BCUT2D eigenvalue weighted by Gasteiger charge is -2.31. The molecule has 0 aliphatic heterocycles. The summed E-state index contributed by atoms with van der Waals surface area (Å²) in [6.45, 7) is 0. The molecule has 6 heteroatoms. The fourth-order valence-corrected chi connectivity index (χ4v) is 10.3. The molecular formula is C18H20IO2PS2. The Balaban J connectivity index is 1.80. The van der Waals surface area contributed by atoms with Gasteiger partial charge in [0, 0.05) is 9.17 Å². The predicted molar refractivity (Wildman–Crippen MR) is 116 cm³/mol. The molecular weight excluding hydrogens is 470 g/mol. The number of rotatable bonds is 6. The highest BCUT2D eigenvalue weighted by Gasteiger charge is 2.33. The molecule has 1 saturated carbocycles. The molecule has 0 heterocycles. The van der Waals surface area contributed by atoms with Gasteiger partial charge in [-0.2, -0.15) is 0 Å². The zero-order valence-corrected chi connectivity index (χ0v) is 17.9. The number of hydrogen-bond donors (Lipinski definition) is 0. The molecule has 24 heavy (non-hydrogen) atoms. The average Bonchev–Trinajstić information content (AvgIpc) is 2.58. The van der Waals surface area contributed by atoms with Gasteiger partial charge in [-0.05, 0) is 60.3 Å². The topological polar surface area (TPSA) is 18.5 Å². The molecule has 2 nitrogen and oxygen atoms in total. The normalized spacial score (nSPS) is 21.2. The van der Waals surface area contributed by atoms with Crippen LogP contribution in [0, 0.1) is 0 Å². The van der Waals surface area contributed by atoms with Crippen molar-refractivity contribution in [3.05, 3.63) is 60.7 Å². The van der Waals surface area contributed by atoms with Crippen LogP contribution >= 0.6 is 39.7 Å². The Morgan fingerprint density at radius 1 is 0.875 bits per heavy atom. The third-order valence-corrected chi connectivity index (χ3v) is 11.0. The first-order valence-electron chi connectivity index (χ1n) is 8.06. The molecule has 0 unspecified atom stereocenters. The Morgan fingerprint density at radius 2 is 1.38 bits per heavy atom. The largest absolute Gasteiger partial charge is 0.428 e. The first-order valence-corrected chi connectivity index (χ1v) is 13.4. The van der Waals surface area contributed by atoms with Crippen molar-refractivity contribution in [2.45, 2.75) is 34.9 Å². The van der Waals surface area contributed by atoms with Gasteiger partial charge in [0.25, 0.3) is 0 Å². The van der Waals surface area contributed by atoms with E-state index in [0.717, 1.165) is 11.5 Å². The molecule has 2 aromatic rings.